The molecule has 1 amide bonds. The molecule has 0 aliphatic carbocycles. The highest BCUT2D eigenvalue weighted by Gasteiger charge is 2.07. The number of hydrogen-bond donors (Lipinski definition) is 1. The van der Waals surface area contributed by atoms with Crippen molar-refractivity contribution in [1.29, 1.82) is 0 Å². The zero-order valence-electron chi connectivity index (χ0n) is 11.6. The highest BCUT2D eigenvalue weighted by Crippen LogP contribution is 2.21. The van der Waals surface area contributed by atoms with Crippen LogP contribution in [-0.2, 0) is 11.2 Å². The van der Waals surface area contributed by atoms with Crippen molar-refractivity contribution in [2.75, 3.05) is 12.3 Å². The maximum absolute atomic E-state index is 13.4. The number of nitrogens with one attached hydrogen (secondary N) is 1. The van der Waals surface area contributed by atoms with E-state index in [-0.39, 0.29) is 16.6 Å². The Balaban J connectivity index is 1.74. The van der Waals surface area contributed by atoms with Crippen LogP contribution < -0.4 is 5.32 Å². The van der Waals surface area contributed by atoms with Crippen molar-refractivity contribution in [3.8, 4) is 0 Å². The van der Waals surface area contributed by atoms with Crippen molar-refractivity contribution >= 4 is 29.3 Å². The molecule has 2 rings (SSSR count). The van der Waals surface area contributed by atoms with Crippen LogP contribution in [0.2, 0.25) is 5.02 Å². The van der Waals surface area contributed by atoms with Gasteiger partial charge >= 0.3 is 0 Å². The van der Waals surface area contributed by atoms with Crippen LogP contribution in [0.5, 0.6) is 0 Å². The molecule has 0 radical (unpaired) electrons. The van der Waals surface area contributed by atoms with Crippen LogP contribution in [0.3, 0.4) is 0 Å². The first kappa shape index (κ1) is 16.8. The zero-order chi connectivity index (χ0) is 15.9. The number of thioether (sulfide) groups is 1. The van der Waals surface area contributed by atoms with E-state index in [4.69, 9.17) is 11.6 Å². The number of carbonyl (C=O) groups excluding carboxylic acids is 1. The topological polar surface area (TPSA) is 29.1 Å². The number of hydrogen-bond acceptors (Lipinski definition) is 2. The SMILES string of the molecule is O=C(CSc1ccc(F)cc1F)NCCc1cccc(Cl)c1. The van der Waals surface area contributed by atoms with Gasteiger partial charge in [0.05, 0.1) is 5.75 Å². The molecule has 116 valence electrons. The molecule has 0 aliphatic heterocycles. The van der Waals surface area contributed by atoms with Gasteiger partial charge in [0.1, 0.15) is 11.6 Å². The molecule has 6 heteroatoms. The molecule has 0 saturated heterocycles. The third-order valence-electron chi connectivity index (χ3n) is 2.88. The predicted octanol–water partition coefficient (Wildman–Crippen LogP) is 4.07. The summed E-state index contributed by atoms with van der Waals surface area (Å²) in [6.07, 6.45) is 0.669. The van der Waals surface area contributed by atoms with Gasteiger partial charge in [-0.25, -0.2) is 8.78 Å². The zero-order valence-corrected chi connectivity index (χ0v) is 13.2. The Morgan fingerprint density at radius 3 is 2.73 bits per heavy atom. The Hall–Kier alpha value is -1.59. The molecule has 22 heavy (non-hydrogen) atoms. The maximum atomic E-state index is 13.4. The van der Waals surface area contributed by atoms with Gasteiger partial charge < -0.3 is 5.32 Å². The average Bonchev–Trinajstić information content (AvgIpc) is 2.46. The van der Waals surface area contributed by atoms with Gasteiger partial charge in [0.25, 0.3) is 0 Å². The Kier molecular flexibility index (Phi) is 6.21. The maximum Gasteiger partial charge on any atom is 0.230 e. The summed E-state index contributed by atoms with van der Waals surface area (Å²) < 4.78 is 26.2. The second kappa shape index (κ2) is 8.15. The lowest BCUT2D eigenvalue weighted by Crippen LogP contribution is -2.27. The van der Waals surface area contributed by atoms with E-state index in [1.165, 1.54) is 12.1 Å². The van der Waals surface area contributed by atoms with Crippen LogP contribution in [0, 0.1) is 11.6 Å². The van der Waals surface area contributed by atoms with E-state index in [1.54, 1.807) is 6.07 Å². The third-order valence-corrected chi connectivity index (χ3v) is 4.16. The third kappa shape index (κ3) is 5.31. The monoisotopic (exact) mass is 341 g/mol. The molecule has 0 aliphatic rings. The first-order valence-electron chi connectivity index (χ1n) is 6.63. The van der Waals surface area contributed by atoms with E-state index in [0.29, 0.717) is 18.0 Å². The molecule has 0 heterocycles. The quantitative estimate of drug-likeness (QED) is 0.802. The van der Waals surface area contributed by atoms with E-state index in [9.17, 15) is 13.6 Å². The molecule has 2 aromatic rings. The number of amides is 1. The van der Waals surface area contributed by atoms with Crippen molar-refractivity contribution in [2.45, 2.75) is 11.3 Å². The van der Waals surface area contributed by atoms with Gasteiger partial charge in [-0.3, -0.25) is 4.79 Å². The normalized spacial score (nSPS) is 10.5. The van der Waals surface area contributed by atoms with E-state index in [0.717, 1.165) is 23.4 Å². The van der Waals surface area contributed by atoms with Crippen LogP contribution in [-0.4, -0.2) is 18.2 Å². The summed E-state index contributed by atoms with van der Waals surface area (Å²) in [5.41, 5.74) is 1.03. The first-order chi connectivity index (χ1) is 10.5. The molecular weight excluding hydrogens is 328 g/mol. The van der Waals surface area contributed by atoms with Crippen LogP contribution in [0.15, 0.2) is 47.4 Å². The van der Waals surface area contributed by atoms with Crippen LogP contribution in [0.4, 0.5) is 8.78 Å². The summed E-state index contributed by atoms with van der Waals surface area (Å²) in [7, 11) is 0. The van der Waals surface area contributed by atoms with Gasteiger partial charge in [-0.15, -0.1) is 11.8 Å². The highest BCUT2D eigenvalue weighted by molar-refractivity contribution is 8.00. The Labute approximate surface area is 136 Å². The fourth-order valence-corrected chi connectivity index (χ4v) is 2.79. The number of rotatable bonds is 6. The largest absolute Gasteiger partial charge is 0.355 e. The fourth-order valence-electron chi connectivity index (χ4n) is 1.83. The smallest absolute Gasteiger partial charge is 0.230 e. The summed E-state index contributed by atoms with van der Waals surface area (Å²) in [5.74, 6) is -1.40. The van der Waals surface area contributed by atoms with E-state index >= 15 is 0 Å². The van der Waals surface area contributed by atoms with Crippen LogP contribution in [0.25, 0.3) is 0 Å². The molecule has 0 fully saturated rings. The van der Waals surface area contributed by atoms with Crippen molar-refractivity contribution in [1.82, 2.24) is 5.32 Å². The summed E-state index contributed by atoms with van der Waals surface area (Å²) in [6, 6.07) is 10.7. The molecule has 2 aromatic carbocycles. The molecule has 1 N–H and O–H groups in total. The van der Waals surface area contributed by atoms with Gasteiger partial charge in [0.15, 0.2) is 0 Å². The summed E-state index contributed by atoms with van der Waals surface area (Å²) in [5, 5.41) is 3.41. The first-order valence-corrected chi connectivity index (χ1v) is 8.00. The van der Waals surface area contributed by atoms with Gasteiger partial charge in [-0.05, 0) is 36.2 Å². The summed E-state index contributed by atoms with van der Waals surface area (Å²) in [6.45, 7) is 0.478. The summed E-state index contributed by atoms with van der Waals surface area (Å²) >= 11 is 6.91. The lowest BCUT2D eigenvalue weighted by Gasteiger charge is -2.06. The van der Waals surface area contributed by atoms with Gasteiger partial charge in [-0.1, -0.05) is 23.7 Å². The molecule has 0 spiro atoms. The second-order valence-corrected chi connectivity index (χ2v) is 6.05. The molecule has 0 saturated carbocycles. The molecule has 0 atom stereocenters. The molecule has 0 bridgehead atoms. The molecular formula is C16H14ClF2NOS. The number of halogens is 3. The second-order valence-electron chi connectivity index (χ2n) is 4.59. The lowest BCUT2D eigenvalue weighted by molar-refractivity contribution is -0.118. The molecule has 0 aromatic heterocycles. The molecule has 2 nitrogen and oxygen atoms in total. The fraction of sp³-hybridized carbons (Fsp3) is 0.188. The minimum Gasteiger partial charge on any atom is -0.355 e. The molecule has 0 unspecified atom stereocenters. The van der Waals surface area contributed by atoms with Crippen molar-refractivity contribution in [3.05, 3.63) is 64.7 Å². The Bertz CT molecular complexity index is 666. The average molecular weight is 342 g/mol. The van der Waals surface area contributed by atoms with Crippen molar-refractivity contribution in [2.24, 2.45) is 0 Å². The minimum absolute atomic E-state index is 0.0814. The van der Waals surface area contributed by atoms with E-state index in [2.05, 4.69) is 5.32 Å². The van der Waals surface area contributed by atoms with Crippen molar-refractivity contribution < 1.29 is 13.6 Å². The Morgan fingerprint density at radius 1 is 1.18 bits per heavy atom. The van der Waals surface area contributed by atoms with Gasteiger partial charge in [0, 0.05) is 22.5 Å². The lowest BCUT2D eigenvalue weighted by atomic mass is 10.1. The summed E-state index contributed by atoms with van der Waals surface area (Å²) in [4.78, 5) is 12.0. The number of carbonyl (C=O) groups is 1. The van der Waals surface area contributed by atoms with Gasteiger partial charge in [0.2, 0.25) is 5.91 Å². The van der Waals surface area contributed by atoms with E-state index in [1.807, 2.05) is 18.2 Å². The highest BCUT2D eigenvalue weighted by atomic mass is 35.5. The predicted molar refractivity (Wildman–Crippen MR) is 85.2 cm³/mol. The van der Waals surface area contributed by atoms with Crippen molar-refractivity contribution in [3.63, 3.8) is 0 Å². The van der Waals surface area contributed by atoms with Gasteiger partial charge in [-0.2, -0.15) is 0 Å². The van der Waals surface area contributed by atoms with Crippen LogP contribution >= 0.6 is 23.4 Å². The van der Waals surface area contributed by atoms with Crippen LogP contribution in [0.1, 0.15) is 5.56 Å². The Morgan fingerprint density at radius 2 is 2.00 bits per heavy atom. The number of benzene rings is 2. The van der Waals surface area contributed by atoms with E-state index < -0.39 is 11.6 Å². The standard InChI is InChI=1S/C16H14ClF2NOS/c17-12-3-1-2-11(8-12)6-7-20-16(21)10-22-15-5-4-13(18)9-14(15)19/h1-5,8-9H,6-7,10H2,(H,20,21). The minimum atomic E-state index is -0.656.